The van der Waals surface area contributed by atoms with Crippen molar-refractivity contribution in [2.45, 2.75) is 16.5 Å². The SMILES string of the molecule is NCc1ncccc1Sc1ncnc2ccccc12. The van der Waals surface area contributed by atoms with Crippen molar-refractivity contribution in [3.63, 3.8) is 0 Å². The standard InChI is InChI=1S/C14H12N4S/c15-8-12-13(6-3-7-16-12)19-14-10-4-1-2-5-11(10)17-9-18-14/h1-7,9H,8,15H2. The summed E-state index contributed by atoms with van der Waals surface area (Å²) in [6, 6.07) is 11.9. The van der Waals surface area contributed by atoms with Crippen molar-refractivity contribution < 1.29 is 0 Å². The first-order chi connectivity index (χ1) is 9.38. The highest BCUT2D eigenvalue weighted by Crippen LogP contribution is 2.32. The van der Waals surface area contributed by atoms with Crippen molar-refractivity contribution in [2.24, 2.45) is 5.73 Å². The number of para-hydroxylation sites is 1. The topological polar surface area (TPSA) is 64.7 Å². The molecule has 19 heavy (non-hydrogen) atoms. The van der Waals surface area contributed by atoms with Crippen molar-refractivity contribution in [3.05, 3.63) is 54.6 Å². The lowest BCUT2D eigenvalue weighted by molar-refractivity contribution is 0.942. The third kappa shape index (κ3) is 2.43. The van der Waals surface area contributed by atoms with E-state index in [0.717, 1.165) is 26.5 Å². The lowest BCUT2D eigenvalue weighted by atomic mass is 10.2. The molecule has 0 spiro atoms. The fourth-order valence-electron chi connectivity index (χ4n) is 1.84. The van der Waals surface area contributed by atoms with E-state index < -0.39 is 0 Å². The predicted octanol–water partition coefficient (Wildman–Crippen LogP) is 2.63. The lowest BCUT2D eigenvalue weighted by Gasteiger charge is -2.07. The van der Waals surface area contributed by atoms with Gasteiger partial charge in [0.05, 0.1) is 11.2 Å². The molecule has 0 aliphatic heterocycles. The van der Waals surface area contributed by atoms with Crippen molar-refractivity contribution >= 4 is 22.7 Å². The Morgan fingerprint density at radius 2 is 1.89 bits per heavy atom. The third-order valence-electron chi connectivity index (χ3n) is 2.75. The van der Waals surface area contributed by atoms with Gasteiger partial charge in [0.2, 0.25) is 0 Å². The summed E-state index contributed by atoms with van der Waals surface area (Å²) in [7, 11) is 0. The van der Waals surface area contributed by atoms with Crippen molar-refractivity contribution in [3.8, 4) is 0 Å². The van der Waals surface area contributed by atoms with Gasteiger partial charge in [0.1, 0.15) is 11.4 Å². The summed E-state index contributed by atoms with van der Waals surface area (Å²) in [5, 5.41) is 1.97. The molecule has 0 bridgehead atoms. The Morgan fingerprint density at radius 1 is 1.00 bits per heavy atom. The maximum Gasteiger partial charge on any atom is 0.117 e. The summed E-state index contributed by atoms with van der Waals surface area (Å²) >= 11 is 1.57. The van der Waals surface area contributed by atoms with Gasteiger partial charge < -0.3 is 5.73 Å². The van der Waals surface area contributed by atoms with Gasteiger partial charge in [-0.1, -0.05) is 30.0 Å². The second-order valence-corrected chi connectivity index (χ2v) is 4.98. The van der Waals surface area contributed by atoms with Gasteiger partial charge in [-0.05, 0) is 18.2 Å². The molecule has 0 aliphatic rings. The minimum Gasteiger partial charge on any atom is -0.325 e. The Balaban J connectivity index is 2.06. The molecule has 0 saturated heterocycles. The van der Waals surface area contributed by atoms with Gasteiger partial charge in [0, 0.05) is 23.0 Å². The summed E-state index contributed by atoms with van der Waals surface area (Å²) in [6.07, 6.45) is 3.34. The quantitative estimate of drug-likeness (QED) is 0.740. The second-order valence-electron chi connectivity index (χ2n) is 3.95. The van der Waals surface area contributed by atoms with Crippen LogP contribution in [-0.4, -0.2) is 15.0 Å². The van der Waals surface area contributed by atoms with E-state index in [0.29, 0.717) is 6.54 Å². The number of rotatable bonds is 3. The fraction of sp³-hybridized carbons (Fsp3) is 0.0714. The van der Waals surface area contributed by atoms with Crippen molar-refractivity contribution in [1.82, 2.24) is 15.0 Å². The number of benzene rings is 1. The molecule has 4 nitrogen and oxygen atoms in total. The van der Waals surface area contributed by atoms with E-state index in [-0.39, 0.29) is 0 Å². The summed E-state index contributed by atoms with van der Waals surface area (Å²) in [6.45, 7) is 0.423. The van der Waals surface area contributed by atoms with Gasteiger partial charge >= 0.3 is 0 Å². The zero-order chi connectivity index (χ0) is 13.1. The first-order valence-electron chi connectivity index (χ1n) is 5.90. The Morgan fingerprint density at radius 3 is 2.79 bits per heavy atom. The number of hydrogen-bond acceptors (Lipinski definition) is 5. The van der Waals surface area contributed by atoms with E-state index in [1.54, 1.807) is 24.3 Å². The second kappa shape index (κ2) is 5.34. The molecule has 2 heterocycles. The highest BCUT2D eigenvalue weighted by atomic mass is 32.2. The molecular formula is C14H12N4S. The molecular weight excluding hydrogens is 256 g/mol. The van der Waals surface area contributed by atoms with Crippen LogP contribution in [0.1, 0.15) is 5.69 Å². The largest absolute Gasteiger partial charge is 0.325 e. The zero-order valence-corrected chi connectivity index (χ0v) is 11.0. The monoisotopic (exact) mass is 268 g/mol. The van der Waals surface area contributed by atoms with Crippen LogP contribution >= 0.6 is 11.8 Å². The van der Waals surface area contributed by atoms with Crippen LogP contribution in [0.15, 0.2) is 58.8 Å². The molecule has 2 aromatic heterocycles. The van der Waals surface area contributed by atoms with Crippen LogP contribution in [-0.2, 0) is 6.54 Å². The molecule has 0 radical (unpaired) electrons. The Bertz CT molecular complexity index is 709. The van der Waals surface area contributed by atoms with E-state index >= 15 is 0 Å². The Hall–Kier alpha value is -1.98. The van der Waals surface area contributed by atoms with Crippen molar-refractivity contribution in [1.29, 1.82) is 0 Å². The van der Waals surface area contributed by atoms with E-state index in [4.69, 9.17) is 5.73 Å². The summed E-state index contributed by atoms with van der Waals surface area (Å²) in [4.78, 5) is 13.9. The van der Waals surface area contributed by atoms with Crippen LogP contribution in [0.3, 0.4) is 0 Å². The molecule has 0 saturated carbocycles. The normalized spacial score (nSPS) is 10.8. The number of nitrogens with zero attached hydrogens (tertiary/aromatic N) is 3. The first-order valence-corrected chi connectivity index (χ1v) is 6.71. The predicted molar refractivity (Wildman–Crippen MR) is 75.8 cm³/mol. The molecule has 1 aromatic carbocycles. The molecule has 0 amide bonds. The van der Waals surface area contributed by atoms with Crippen molar-refractivity contribution in [2.75, 3.05) is 0 Å². The van der Waals surface area contributed by atoms with Gasteiger partial charge in [-0.3, -0.25) is 4.98 Å². The number of aromatic nitrogens is 3. The molecule has 0 atom stereocenters. The minimum absolute atomic E-state index is 0.423. The highest BCUT2D eigenvalue weighted by Gasteiger charge is 2.08. The van der Waals surface area contributed by atoms with Gasteiger partial charge in [-0.2, -0.15) is 0 Å². The first kappa shape index (κ1) is 12.1. The molecule has 94 valence electrons. The molecule has 3 aromatic rings. The number of hydrogen-bond donors (Lipinski definition) is 1. The molecule has 0 aliphatic carbocycles. The van der Waals surface area contributed by atoms with Crippen LogP contribution in [0.25, 0.3) is 10.9 Å². The van der Waals surface area contributed by atoms with Gasteiger partial charge in [-0.25, -0.2) is 9.97 Å². The fourth-order valence-corrected chi connectivity index (χ4v) is 2.83. The van der Waals surface area contributed by atoms with Crippen LogP contribution in [0, 0.1) is 0 Å². The van der Waals surface area contributed by atoms with E-state index in [1.165, 1.54) is 0 Å². The van der Waals surface area contributed by atoms with Gasteiger partial charge in [0.15, 0.2) is 0 Å². The Labute approximate surface area is 115 Å². The average Bonchev–Trinajstić information content (AvgIpc) is 2.48. The number of fused-ring (bicyclic) bond motifs is 1. The zero-order valence-electron chi connectivity index (χ0n) is 10.2. The third-order valence-corrected chi connectivity index (χ3v) is 3.87. The minimum atomic E-state index is 0.423. The number of pyridine rings is 1. The van der Waals surface area contributed by atoms with E-state index in [9.17, 15) is 0 Å². The highest BCUT2D eigenvalue weighted by molar-refractivity contribution is 7.99. The van der Waals surface area contributed by atoms with Crippen LogP contribution in [0.5, 0.6) is 0 Å². The van der Waals surface area contributed by atoms with Gasteiger partial charge in [0.25, 0.3) is 0 Å². The molecule has 2 N–H and O–H groups in total. The molecule has 3 rings (SSSR count). The van der Waals surface area contributed by atoms with Crippen LogP contribution in [0.4, 0.5) is 0 Å². The lowest BCUT2D eigenvalue weighted by Crippen LogP contribution is -2.01. The Kier molecular flexibility index (Phi) is 3.39. The smallest absolute Gasteiger partial charge is 0.117 e. The van der Waals surface area contributed by atoms with Gasteiger partial charge in [-0.15, -0.1) is 0 Å². The summed E-state index contributed by atoms with van der Waals surface area (Å²) in [5.41, 5.74) is 7.54. The summed E-state index contributed by atoms with van der Waals surface area (Å²) < 4.78 is 0. The van der Waals surface area contributed by atoms with E-state index in [1.807, 2.05) is 36.4 Å². The maximum atomic E-state index is 5.71. The maximum absolute atomic E-state index is 5.71. The van der Waals surface area contributed by atoms with E-state index in [2.05, 4.69) is 15.0 Å². The molecule has 5 heteroatoms. The summed E-state index contributed by atoms with van der Waals surface area (Å²) in [5.74, 6) is 0. The van der Waals surface area contributed by atoms with Crippen LogP contribution < -0.4 is 5.73 Å². The molecule has 0 fully saturated rings. The molecule has 0 unspecified atom stereocenters. The average molecular weight is 268 g/mol. The van der Waals surface area contributed by atoms with Crippen LogP contribution in [0.2, 0.25) is 0 Å². The number of nitrogens with two attached hydrogens (primary N) is 1.